The van der Waals surface area contributed by atoms with Crippen molar-refractivity contribution in [3.8, 4) is 11.5 Å². The number of urea groups is 1. The Morgan fingerprint density at radius 2 is 1.64 bits per heavy atom. The van der Waals surface area contributed by atoms with Gasteiger partial charge in [0.05, 0.1) is 36.3 Å². The van der Waals surface area contributed by atoms with Gasteiger partial charge >= 0.3 is 12.1 Å². The van der Waals surface area contributed by atoms with Crippen molar-refractivity contribution in [1.82, 2.24) is 19.8 Å². The highest BCUT2D eigenvalue weighted by Crippen LogP contribution is 2.38. The summed E-state index contributed by atoms with van der Waals surface area (Å²) in [5.41, 5.74) is 1.03. The standard InChI is InChI=1S/C38H48N4O10S/c1-38(2,16-17-39-36(44)40-21-27-11-7-4-8-12-27)24-41(53(47,48)28-13-14-33-34(20-28)52-25-51-33)22-32(43)30(19-26-9-5-3-6-10-26)42(37(45)46)31-23-50-35-29(31)15-18-49-35/h3-14,20,29-32,35,43H,15-19,21-25H2,1-2H3,(H,45,46)(H2,39,40,44)/t29-,30-,31-,32+,35+/m0/s1. The molecular formula is C38H48N4O10S. The van der Waals surface area contributed by atoms with Crippen molar-refractivity contribution in [3.05, 3.63) is 90.0 Å². The first-order valence-electron chi connectivity index (χ1n) is 17.8. The van der Waals surface area contributed by atoms with Crippen molar-refractivity contribution in [1.29, 1.82) is 0 Å². The zero-order valence-electron chi connectivity index (χ0n) is 29.9. The second-order valence-corrected chi connectivity index (χ2v) is 16.4. The molecule has 53 heavy (non-hydrogen) atoms. The van der Waals surface area contributed by atoms with E-state index in [1.807, 2.05) is 74.5 Å². The molecule has 3 heterocycles. The molecule has 4 N–H and O–H groups in total. The van der Waals surface area contributed by atoms with Crippen LogP contribution in [0.5, 0.6) is 11.5 Å². The van der Waals surface area contributed by atoms with Crippen LogP contribution >= 0.6 is 0 Å². The molecule has 286 valence electrons. The molecule has 0 aromatic heterocycles. The molecule has 0 saturated carbocycles. The summed E-state index contributed by atoms with van der Waals surface area (Å²) in [6.45, 7) is 4.40. The number of carbonyl (C=O) groups is 2. The maximum atomic E-state index is 14.5. The van der Waals surface area contributed by atoms with Gasteiger partial charge < -0.3 is 39.8 Å². The first kappa shape index (κ1) is 38.3. The van der Waals surface area contributed by atoms with E-state index in [2.05, 4.69) is 10.6 Å². The lowest BCUT2D eigenvalue weighted by Crippen LogP contribution is -2.58. The van der Waals surface area contributed by atoms with E-state index in [0.717, 1.165) is 11.1 Å². The number of rotatable bonds is 16. The first-order valence-corrected chi connectivity index (χ1v) is 19.3. The summed E-state index contributed by atoms with van der Waals surface area (Å²) in [6, 6.07) is 21.1. The maximum absolute atomic E-state index is 14.5. The third-order valence-electron chi connectivity index (χ3n) is 10.0. The number of benzene rings is 3. The number of fused-ring (bicyclic) bond motifs is 2. The highest BCUT2D eigenvalue weighted by atomic mass is 32.2. The highest BCUT2D eigenvalue weighted by molar-refractivity contribution is 7.89. The molecule has 0 aliphatic carbocycles. The number of carboxylic acid groups (broad SMARTS) is 1. The average Bonchev–Trinajstić information content (AvgIpc) is 3.89. The zero-order chi connectivity index (χ0) is 37.6. The van der Waals surface area contributed by atoms with Crippen molar-refractivity contribution in [3.63, 3.8) is 0 Å². The molecule has 0 bridgehead atoms. The summed E-state index contributed by atoms with van der Waals surface area (Å²) in [4.78, 5) is 26.8. The summed E-state index contributed by atoms with van der Waals surface area (Å²) in [7, 11) is -4.29. The lowest BCUT2D eigenvalue weighted by molar-refractivity contribution is -0.0906. The Kier molecular flexibility index (Phi) is 12.1. The van der Waals surface area contributed by atoms with E-state index in [-0.39, 0.29) is 55.5 Å². The van der Waals surface area contributed by atoms with E-state index in [9.17, 15) is 28.2 Å². The Hall–Kier alpha value is -4.41. The predicted octanol–water partition coefficient (Wildman–Crippen LogP) is 4.04. The van der Waals surface area contributed by atoms with Crippen LogP contribution < -0.4 is 20.1 Å². The maximum Gasteiger partial charge on any atom is 0.407 e. The van der Waals surface area contributed by atoms with E-state index in [4.69, 9.17) is 18.9 Å². The summed E-state index contributed by atoms with van der Waals surface area (Å²) in [5.74, 6) is 0.479. The normalized spacial score (nSPS) is 20.5. The van der Waals surface area contributed by atoms with Gasteiger partial charge in [0.25, 0.3) is 0 Å². The van der Waals surface area contributed by atoms with Crippen LogP contribution in [0.2, 0.25) is 0 Å². The smallest absolute Gasteiger partial charge is 0.407 e. The molecule has 3 aromatic carbocycles. The van der Waals surface area contributed by atoms with Gasteiger partial charge in [0.1, 0.15) is 0 Å². The number of nitrogens with one attached hydrogen (secondary N) is 2. The Labute approximate surface area is 310 Å². The topological polar surface area (TPSA) is 176 Å². The second-order valence-electron chi connectivity index (χ2n) is 14.4. The molecule has 0 radical (unpaired) electrons. The SMILES string of the molecule is CC(C)(CCNC(=O)NCc1ccccc1)CN(C[C@@H](O)[C@H](Cc1ccccc1)N(C(=O)O)[C@H]1CO[C@H]2OCC[C@H]21)S(=O)(=O)c1ccc2c(c1)OCO2. The molecule has 14 nitrogen and oxygen atoms in total. The average molecular weight is 753 g/mol. The van der Waals surface area contributed by atoms with E-state index < -0.39 is 52.6 Å². The molecule has 3 aliphatic rings. The number of nitrogens with zero attached hydrogens (tertiary/aromatic N) is 2. The number of ether oxygens (including phenoxy) is 4. The van der Waals surface area contributed by atoms with Crippen molar-refractivity contribution >= 4 is 22.1 Å². The number of hydrogen-bond donors (Lipinski definition) is 4. The van der Waals surface area contributed by atoms with Gasteiger partial charge in [-0.1, -0.05) is 74.5 Å². The van der Waals surface area contributed by atoms with Crippen LogP contribution in [-0.2, 0) is 32.5 Å². The van der Waals surface area contributed by atoms with Crippen LogP contribution in [0.25, 0.3) is 0 Å². The van der Waals surface area contributed by atoms with Crippen LogP contribution in [0, 0.1) is 11.3 Å². The molecule has 3 aliphatic heterocycles. The predicted molar refractivity (Wildman–Crippen MR) is 194 cm³/mol. The van der Waals surface area contributed by atoms with Crippen molar-refractivity contribution in [2.75, 3.05) is 39.6 Å². The molecular weight excluding hydrogens is 705 g/mol. The van der Waals surface area contributed by atoms with Gasteiger partial charge in [0.2, 0.25) is 16.8 Å². The molecule has 6 rings (SSSR count). The quantitative estimate of drug-likeness (QED) is 0.167. The fraction of sp³-hybridized carbons (Fsp3) is 0.474. The lowest BCUT2D eigenvalue weighted by Gasteiger charge is -2.40. The summed E-state index contributed by atoms with van der Waals surface area (Å²) in [6.07, 6.45) is -2.10. The number of carbonyl (C=O) groups excluding carboxylic acids is 1. The largest absolute Gasteiger partial charge is 0.465 e. The second kappa shape index (κ2) is 16.7. The Balaban J connectivity index is 1.24. The molecule has 5 atom stereocenters. The minimum Gasteiger partial charge on any atom is -0.465 e. The summed E-state index contributed by atoms with van der Waals surface area (Å²) < 4.78 is 52.6. The van der Waals surface area contributed by atoms with Crippen molar-refractivity contribution in [2.24, 2.45) is 11.3 Å². The van der Waals surface area contributed by atoms with E-state index in [1.165, 1.54) is 27.4 Å². The van der Waals surface area contributed by atoms with Crippen LogP contribution in [0.1, 0.15) is 37.8 Å². The molecule has 0 spiro atoms. The first-order chi connectivity index (χ1) is 25.4. The Morgan fingerprint density at radius 1 is 0.943 bits per heavy atom. The van der Waals surface area contributed by atoms with Gasteiger partial charge in [0, 0.05) is 38.2 Å². The highest BCUT2D eigenvalue weighted by Gasteiger charge is 2.49. The molecule has 0 unspecified atom stereocenters. The number of aliphatic hydroxyl groups is 1. The summed E-state index contributed by atoms with van der Waals surface area (Å²) in [5, 5.41) is 28.5. The van der Waals surface area contributed by atoms with Crippen LogP contribution in [0.3, 0.4) is 0 Å². The Bertz CT molecular complexity index is 1810. The van der Waals surface area contributed by atoms with E-state index in [0.29, 0.717) is 31.7 Å². The van der Waals surface area contributed by atoms with E-state index in [1.54, 1.807) is 0 Å². The number of aliphatic hydroxyl groups excluding tert-OH is 1. The zero-order valence-corrected chi connectivity index (χ0v) is 30.7. The number of amides is 3. The van der Waals surface area contributed by atoms with Gasteiger partial charge in [-0.15, -0.1) is 0 Å². The van der Waals surface area contributed by atoms with Crippen LogP contribution in [0.4, 0.5) is 9.59 Å². The van der Waals surface area contributed by atoms with Gasteiger partial charge in [-0.2, -0.15) is 4.31 Å². The third kappa shape index (κ3) is 9.40. The minimum atomic E-state index is -4.29. The van der Waals surface area contributed by atoms with Crippen molar-refractivity contribution < 1.29 is 47.2 Å². The van der Waals surface area contributed by atoms with Crippen LogP contribution in [-0.4, -0.2) is 104 Å². The summed E-state index contributed by atoms with van der Waals surface area (Å²) >= 11 is 0. The van der Waals surface area contributed by atoms with Crippen LogP contribution in [0.15, 0.2) is 83.8 Å². The van der Waals surface area contributed by atoms with Gasteiger partial charge in [0.15, 0.2) is 17.8 Å². The van der Waals surface area contributed by atoms with Gasteiger partial charge in [-0.3, -0.25) is 4.90 Å². The number of sulfonamides is 1. The van der Waals surface area contributed by atoms with E-state index >= 15 is 0 Å². The van der Waals surface area contributed by atoms with Gasteiger partial charge in [-0.05, 0) is 47.9 Å². The minimum absolute atomic E-state index is 0.0375. The molecule has 3 aromatic rings. The third-order valence-corrected chi connectivity index (χ3v) is 11.8. The molecule has 3 amide bonds. The Morgan fingerprint density at radius 3 is 2.36 bits per heavy atom. The lowest BCUT2D eigenvalue weighted by atomic mass is 9.89. The fourth-order valence-electron chi connectivity index (χ4n) is 7.21. The molecule has 2 saturated heterocycles. The fourth-order valence-corrected chi connectivity index (χ4v) is 8.87. The number of hydrogen-bond acceptors (Lipinski definition) is 9. The van der Waals surface area contributed by atoms with Gasteiger partial charge in [-0.25, -0.2) is 18.0 Å². The molecule has 15 heteroatoms. The van der Waals surface area contributed by atoms with Crippen molar-refractivity contribution in [2.45, 2.75) is 69.0 Å². The molecule has 2 fully saturated rings. The monoisotopic (exact) mass is 752 g/mol.